The lowest BCUT2D eigenvalue weighted by Gasteiger charge is -2.25. The molecule has 0 aliphatic heterocycles. The maximum atomic E-state index is 12.1. The number of carbonyl (C=O) groups is 2. The van der Waals surface area contributed by atoms with Gasteiger partial charge in [-0.25, -0.2) is 14.6 Å². The van der Waals surface area contributed by atoms with E-state index in [2.05, 4.69) is 90.3 Å². The van der Waals surface area contributed by atoms with Crippen LogP contribution in [0, 0.1) is 0 Å². The van der Waals surface area contributed by atoms with Gasteiger partial charge in [0.2, 0.25) is 0 Å². The fourth-order valence-corrected chi connectivity index (χ4v) is 6.19. The largest absolute Gasteiger partial charge is 0.478 e. The maximum absolute atomic E-state index is 12.1. The van der Waals surface area contributed by atoms with Crippen molar-refractivity contribution in [1.82, 2.24) is 15.0 Å². The summed E-state index contributed by atoms with van der Waals surface area (Å²) in [4.78, 5) is 44.4. The lowest BCUT2D eigenvalue weighted by molar-refractivity contribution is 0.0686. The summed E-state index contributed by atoms with van der Waals surface area (Å²) in [5.41, 5.74) is 6.41. The highest BCUT2D eigenvalue weighted by molar-refractivity contribution is 7.19. The van der Waals surface area contributed by atoms with Gasteiger partial charge >= 0.3 is 11.9 Å². The van der Waals surface area contributed by atoms with Crippen LogP contribution < -0.4 is 14.7 Å². The predicted octanol–water partition coefficient (Wildman–Crippen LogP) is 7.93. The molecule has 48 heavy (non-hydrogen) atoms. The topological polar surface area (TPSA) is 123 Å². The van der Waals surface area contributed by atoms with Crippen LogP contribution in [0.4, 0.5) is 27.8 Å². The number of carboxylic acids is 2. The number of aromatic nitrogens is 3. The van der Waals surface area contributed by atoms with Gasteiger partial charge in [0.15, 0.2) is 0 Å². The van der Waals surface area contributed by atoms with Crippen molar-refractivity contribution in [2.24, 2.45) is 0 Å². The van der Waals surface area contributed by atoms with Crippen molar-refractivity contribution < 1.29 is 19.8 Å². The Morgan fingerprint density at radius 1 is 0.562 bits per heavy atom. The SMILES string of the molecule is CN(C)c1ccc(N(c2ccc(N(C)C)cc2)c2ccc(-c3ccnc(-c4cc(C(=O)O)cc(-c5cc(C(=O)O)ccn5)n4)c3)s2)cc1. The van der Waals surface area contributed by atoms with E-state index in [1.54, 1.807) is 17.5 Å². The van der Waals surface area contributed by atoms with Crippen LogP contribution in [0.3, 0.4) is 0 Å². The third-order valence-electron chi connectivity index (χ3n) is 7.71. The highest BCUT2D eigenvalue weighted by Gasteiger charge is 2.18. The number of nitrogens with zero attached hydrogens (tertiary/aromatic N) is 6. The van der Waals surface area contributed by atoms with E-state index in [1.807, 2.05) is 40.3 Å². The number of hydrogen-bond acceptors (Lipinski definition) is 9. The molecule has 2 N–H and O–H groups in total. The van der Waals surface area contributed by atoms with E-state index in [9.17, 15) is 19.8 Å². The molecular weight excluding hydrogens is 625 g/mol. The zero-order valence-electron chi connectivity index (χ0n) is 26.7. The summed E-state index contributed by atoms with van der Waals surface area (Å²) in [5.74, 6) is -2.27. The predicted molar refractivity (Wildman–Crippen MR) is 191 cm³/mol. The number of aromatic carboxylic acids is 2. The van der Waals surface area contributed by atoms with Crippen LogP contribution in [-0.4, -0.2) is 65.3 Å². The molecule has 2 aromatic carbocycles. The van der Waals surface area contributed by atoms with Gasteiger partial charge in [-0.05, 0) is 103 Å². The summed E-state index contributed by atoms with van der Waals surface area (Å²) in [6, 6.07) is 30.3. The van der Waals surface area contributed by atoms with E-state index in [4.69, 9.17) is 0 Å². The second kappa shape index (κ2) is 13.3. The third kappa shape index (κ3) is 6.72. The second-order valence-electron chi connectivity index (χ2n) is 11.4. The zero-order chi connectivity index (χ0) is 33.9. The molecule has 4 heterocycles. The minimum atomic E-state index is -1.15. The summed E-state index contributed by atoms with van der Waals surface area (Å²) < 4.78 is 0. The van der Waals surface area contributed by atoms with Gasteiger partial charge in [-0.3, -0.25) is 9.97 Å². The molecule has 0 bridgehead atoms. The molecule has 10 nitrogen and oxygen atoms in total. The lowest BCUT2D eigenvalue weighted by Crippen LogP contribution is -2.12. The first-order valence-electron chi connectivity index (χ1n) is 14.9. The van der Waals surface area contributed by atoms with Crippen LogP contribution in [0.1, 0.15) is 20.7 Å². The molecule has 0 saturated heterocycles. The van der Waals surface area contributed by atoms with Crippen molar-refractivity contribution in [3.8, 4) is 33.2 Å². The van der Waals surface area contributed by atoms with Crippen LogP contribution in [0.2, 0.25) is 0 Å². The van der Waals surface area contributed by atoms with Crippen molar-refractivity contribution in [3.05, 3.63) is 121 Å². The van der Waals surface area contributed by atoms with Crippen molar-refractivity contribution in [3.63, 3.8) is 0 Å². The normalized spacial score (nSPS) is 10.8. The summed E-state index contributed by atoms with van der Waals surface area (Å²) in [6.45, 7) is 0. The molecule has 0 atom stereocenters. The number of rotatable bonds is 10. The Balaban J connectivity index is 1.39. The van der Waals surface area contributed by atoms with E-state index in [1.165, 1.54) is 30.5 Å². The highest BCUT2D eigenvalue weighted by Crippen LogP contribution is 2.42. The summed E-state index contributed by atoms with van der Waals surface area (Å²) in [6.07, 6.45) is 3.02. The molecule has 0 saturated carbocycles. The van der Waals surface area contributed by atoms with E-state index < -0.39 is 11.9 Å². The first-order valence-corrected chi connectivity index (χ1v) is 15.8. The standard InChI is InChI=1S/C37H32N6O4S/c1-41(2)26-5-9-28(10-6-26)43(29-11-7-27(8-12-29)42(3)4)35-14-13-34(48-35)23-15-17-38-30(19-23)32-21-25(37(46)47)22-33(40-32)31-20-24(36(44)45)16-18-39-31/h5-22H,1-4H3,(H,44,45)(H,46,47). The fourth-order valence-electron chi connectivity index (χ4n) is 5.15. The zero-order valence-corrected chi connectivity index (χ0v) is 27.5. The highest BCUT2D eigenvalue weighted by atomic mass is 32.1. The fraction of sp³-hybridized carbons (Fsp3) is 0.108. The van der Waals surface area contributed by atoms with Gasteiger partial charge in [0, 0.05) is 68.2 Å². The van der Waals surface area contributed by atoms with Gasteiger partial charge in [-0.15, -0.1) is 11.3 Å². The molecule has 240 valence electrons. The number of benzene rings is 2. The molecule has 0 spiro atoms. The van der Waals surface area contributed by atoms with Gasteiger partial charge in [0.25, 0.3) is 0 Å². The monoisotopic (exact) mass is 656 g/mol. The number of hydrogen-bond donors (Lipinski definition) is 2. The van der Waals surface area contributed by atoms with Crippen molar-refractivity contribution in [1.29, 1.82) is 0 Å². The maximum Gasteiger partial charge on any atom is 0.335 e. The Kier molecular flexibility index (Phi) is 8.87. The number of thiophene rings is 1. The Morgan fingerprint density at radius 2 is 1.04 bits per heavy atom. The van der Waals surface area contributed by atoms with E-state index in [0.29, 0.717) is 11.4 Å². The third-order valence-corrected chi connectivity index (χ3v) is 8.83. The molecule has 0 aliphatic carbocycles. The minimum Gasteiger partial charge on any atom is -0.478 e. The molecule has 0 amide bonds. The summed E-state index contributed by atoms with van der Waals surface area (Å²) in [7, 11) is 8.07. The first-order chi connectivity index (χ1) is 23.1. The molecule has 0 unspecified atom stereocenters. The average molecular weight is 657 g/mol. The van der Waals surface area contributed by atoms with Crippen LogP contribution >= 0.6 is 11.3 Å². The lowest BCUT2D eigenvalue weighted by atomic mass is 10.1. The van der Waals surface area contributed by atoms with E-state index in [-0.39, 0.29) is 22.5 Å². The Labute approximate surface area is 281 Å². The molecule has 6 aromatic rings. The first kappa shape index (κ1) is 31.9. The van der Waals surface area contributed by atoms with Crippen LogP contribution in [0.25, 0.3) is 33.2 Å². The Hall–Kier alpha value is -6.07. The number of carboxylic acid groups (broad SMARTS) is 2. The van der Waals surface area contributed by atoms with Gasteiger partial charge in [0.1, 0.15) is 5.00 Å². The van der Waals surface area contributed by atoms with Crippen LogP contribution in [-0.2, 0) is 0 Å². The molecule has 4 aromatic heterocycles. The molecular formula is C37H32N6O4S. The quantitative estimate of drug-likeness (QED) is 0.150. The van der Waals surface area contributed by atoms with Gasteiger partial charge < -0.3 is 24.9 Å². The average Bonchev–Trinajstić information content (AvgIpc) is 3.58. The molecule has 11 heteroatoms. The molecule has 0 radical (unpaired) electrons. The van der Waals surface area contributed by atoms with Gasteiger partial charge in [-0.2, -0.15) is 0 Å². The van der Waals surface area contributed by atoms with E-state index in [0.717, 1.165) is 38.2 Å². The van der Waals surface area contributed by atoms with Gasteiger partial charge in [-0.1, -0.05) is 0 Å². The van der Waals surface area contributed by atoms with Crippen molar-refractivity contribution in [2.45, 2.75) is 0 Å². The molecule has 0 fully saturated rings. The van der Waals surface area contributed by atoms with Crippen molar-refractivity contribution in [2.75, 3.05) is 42.9 Å². The van der Waals surface area contributed by atoms with Crippen molar-refractivity contribution >= 4 is 51.0 Å². The van der Waals surface area contributed by atoms with Crippen LogP contribution in [0.15, 0.2) is 109 Å². The molecule has 0 aliphatic rings. The Morgan fingerprint density at radius 3 is 1.56 bits per heavy atom. The van der Waals surface area contributed by atoms with Crippen LogP contribution in [0.5, 0.6) is 0 Å². The minimum absolute atomic E-state index is 0.0145. The summed E-state index contributed by atoms with van der Waals surface area (Å²) in [5, 5.41) is 20.3. The number of pyridine rings is 3. The number of anilines is 5. The smallest absolute Gasteiger partial charge is 0.335 e. The van der Waals surface area contributed by atoms with E-state index >= 15 is 0 Å². The second-order valence-corrected chi connectivity index (χ2v) is 12.5. The Bertz CT molecular complexity index is 2060. The van der Waals surface area contributed by atoms with Gasteiger partial charge in [0.05, 0.1) is 33.9 Å². The summed E-state index contributed by atoms with van der Waals surface area (Å²) >= 11 is 1.62. The molecule has 6 rings (SSSR count).